The van der Waals surface area contributed by atoms with Gasteiger partial charge >= 0.3 is 0 Å². The summed E-state index contributed by atoms with van der Waals surface area (Å²) in [6.07, 6.45) is 1.66. The lowest BCUT2D eigenvalue weighted by Gasteiger charge is -2.19. The first-order chi connectivity index (χ1) is 18.4. The Morgan fingerprint density at radius 1 is 1.00 bits per heavy atom. The number of ether oxygens (including phenoxy) is 3. The Hall–Kier alpha value is -2.78. The minimum atomic E-state index is -0.508. The molecular weight excluding hydrogens is 734 g/mol. The van der Waals surface area contributed by atoms with Crippen molar-refractivity contribution in [3.63, 3.8) is 0 Å². The zero-order valence-corrected chi connectivity index (χ0v) is 24.9. The van der Waals surface area contributed by atoms with E-state index in [4.69, 9.17) is 14.2 Å². The molecule has 11 heteroatoms. The lowest BCUT2D eigenvalue weighted by atomic mass is 10.2. The SMILES string of the molecule is O=C(CN1C(=O)S/C(=C/c2cc(I)c(OCc3ccccc3)c(I)c2)C1=O)Nc1ccc2c(c1)OCCO2. The van der Waals surface area contributed by atoms with E-state index in [0.717, 1.165) is 40.7 Å². The third kappa shape index (κ3) is 6.26. The summed E-state index contributed by atoms with van der Waals surface area (Å²) in [5, 5.41) is 2.21. The Morgan fingerprint density at radius 3 is 2.45 bits per heavy atom. The fraction of sp³-hybridized carbons (Fsp3) is 0.148. The third-order valence-corrected chi connectivity index (χ3v) is 8.06. The van der Waals surface area contributed by atoms with Crippen molar-refractivity contribution in [2.24, 2.45) is 0 Å². The maximum atomic E-state index is 13.0. The number of imide groups is 1. The van der Waals surface area contributed by atoms with Gasteiger partial charge in [-0.25, -0.2) is 0 Å². The minimum Gasteiger partial charge on any atom is -0.487 e. The molecule has 0 unspecified atom stereocenters. The standard InChI is InChI=1S/C27H20I2N2O6S/c28-19-10-17(11-20(29)25(19)37-15-16-4-2-1-3-5-16)12-23-26(33)31(27(34)38-23)14-24(32)30-18-6-7-21-22(13-18)36-9-8-35-21/h1-7,10-13H,8-9,14-15H2,(H,30,32)/b23-12+. The van der Waals surface area contributed by atoms with Crippen molar-refractivity contribution in [3.8, 4) is 17.2 Å². The van der Waals surface area contributed by atoms with E-state index in [1.54, 1.807) is 24.3 Å². The summed E-state index contributed by atoms with van der Waals surface area (Å²) in [5.74, 6) is 0.895. The quantitative estimate of drug-likeness (QED) is 0.237. The molecule has 0 atom stereocenters. The summed E-state index contributed by atoms with van der Waals surface area (Å²) in [4.78, 5) is 39.3. The maximum Gasteiger partial charge on any atom is 0.294 e. The molecule has 5 rings (SSSR count). The Kier molecular flexibility index (Phi) is 8.43. The second-order valence-electron chi connectivity index (χ2n) is 8.26. The summed E-state index contributed by atoms with van der Waals surface area (Å²) >= 11 is 5.20. The van der Waals surface area contributed by atoms with E-state index >= 15 is 0 Å². The minimum absolute atomic E-state index is 0.256. The van der Waals surface area contributed by atoms with Gasteiger partial charge in [0.25, 0.3) is 11.1 Å². The second kappa shape index (κ2) is 11.9. The van der Waals surface area contributed by atoms with Crippen molar-refractivity contribution in [3.05, 3.63) is 83.8 Å². The highest BCUT2D eigenvalue weighted by molar-refractivity contribution is 14.1. The predicted octanol–water partition coefficient (Wildman–Crippen LogP) is 5.92. The van der Waals surface area contributed by atoms with Crippen LogP contribution in [0.2, 0.25) is 0 Å². The zero-order valence-electron chi connectivity index (χ0n) is 19.7. The Balaban J connectivity index is 1.24. The summed E-state index contributed by atoms with van der Waals surface area (Å²) < 4.78 is 18.8. The molecule has 1 fully saturated rings. The number of nitrogens with one attached hydrogen (secondary N) is 1. The fourth-order valence-electron chi connectivity index (χ4n) is 3.78. The highest BCUT2D eigenvalue weighted by Gasteiger charge is 2.36. The van der Waals surface area contributed by atoms with Gasteiger partial charge in [-0.1, -0.05) is 30.3 Å². The van der Waals surface area contributed by atoms with Crippen molar-refractivity contribution >= 4 is 85.8 Å². The molecule has 2 aliphatic rings. The van der Waals surface area contributed by atoms with Crippen molar-refractivity contribution < 1.29 is 28.6 Å². The topological polar surface area (TPSA) is 94.2 Å². The van der Waals surface area contributed by atoms with Crippen LogP contribution >= 0.6 is 56.9 Å². The van der Waals surface area contributed by atoms with Crippen LogP contribution in [0.3, 0.4) is 0 Å². The molecule has 3 aromatic carbocycles. The average Bonchev–Trinajstić information content (AvgIpc) is 3.16. The number of rotatable bonds is 7. The zero-order chi connectivity index (χ0) is 26.6. The molecule has 1 saturated heterocycles. The van der Waals surface area contributed by atoms with Crippen LogP contribution in [0.15, 0.2) is 65.6 Å². The molecule has 0 spiro atoms. The second-order valence-corrected chi connectivity index (χ2v) is 11.6. The van der Waals surface area contributed by atoms with E-state index in [9.17, 15) is 14.4 Å². The number of anilines is 1. The van der Waals surface area contributed by atoms with Gasteiger partial charge < -0.3 is 19.5 Å². The van der Waals surface area contributed by atoms with E-state index in [-0.39, 0.29) is 4.91 Å². The van der Waals surface area contributed by atoms with Crippen LogP contribution in [0.5, 0.6) is 17.2 Å². The average molecular weight is 754 g/mol. The van der Waals surface area contributed by atoms with Crippen molar-refractivity contribution in [1.29, 1.82) is 0 Å². The van der Waals surface area contributed by atoms with Gasteiger partial charge in [-0.2, -0.15) is 0 Å². The number of amides is 3. The highest BCUT2D eigenvalue weighted by Crippen LogP contribution is 2.36. The molecule has 0 saturated carbocycles. The maximum absolute atomic E-state index is 13.0. The fourth-order valence-corrected chi connectivity index (χ4v) is 6.75. The molecule has 8 nitrogen and oxygen atoms in total. The highest BCUT2D eigenvalue weighted by atomic mass is 127. The molecule has 0 radical (unpaired) electrons. The monoisotopic (exact) mass is 754 g/mol. The number of nitrogens with zero attached hydrogens (tertiary/aromatic N) is 1. The van der Waals surface area contributed by atoms with Crippen LogP contribution in [-0.2, 0) is 16.2 Å². The summed E-state index contributed by atoms with van der Waals surface area (Å²) in [6, 6.07) is 18.7. The number of thioether (sulfide) groups is 1. The third-order valence-electron chi connectivity index (χ3n) is 5.55. The van der Waals surface area contributed by atoms with Crippen molar-refractivity contribution in [1.82, 2.24) is 4.90 Å². The molecule has 0 aromatic heterocycles. The molecule has 2 aliphatic heterocycles. The number of hydrogen-bond donors (Lipinski definition) is 1. The van der Waals surface area contributed by atoms with Gasteiger partial charge in [0, 0.05) is 11.8 Å². The summed E-state index contributed by atoms with van der Waals surface area (Å²) in [7, 11) is 0. The Morgan fingerprint density at radius 2 is 1.71 bits per heavy atom. The normalized spacial score (nSPS) is 15.6. The lowest BCUT2D eigenvalue weighted by molar-refractivity contribution is -0.127. The molecule has 2 heterocycles. The molecule has 0 aliphatic carbocycles. The number of carbonyl (C=O) groups excluding carboxylic acids is 3. The molecule has 38 heavy (non-hydrogen) atoms. The van der Waals surface area contributed by atoms with Gasteiger partial charge in [-0.05, 0) is 98.4 Å². The van der Waals surface area contributed by atoms with Crippen LogP contribution < -0.4 is 19.5 Å². The Labute approximate surface area is 250 Å². The number of fused-ring (bicyclic) bond motifs is 1. The number of benzene rings is 3. The Bertz CT molecular complexity index is 1420. The van der Waals surface area contributed by atoms with Crippen LogP contribution in [0.1, 0.15) is 11.1 Å². The molecule has 0 bridgehead atoms. The summed E-state index contributed by atoms with van der Waals surface area (Å²) in [5.41, 5.74) is 2.31. The number of halogens is 2. The predicted molar refractivity (Wildman–Crippen MR) is 161 cm³/mol. The van der Waals surface area contributed by atoms with Gasteiger partial charge in [0.15, 0.2) is 11.5 Å². The number of carbonyl (C=O) groups is 3. The van der Waals surface area contributed by atoms with Gasteiger partial charge in [-0.3, -0.25) is 19.3 Å². The van der Waals surface area contributed by atoms with E-state index in [1.165, 1.54) is 0 Å². The lowest BCUT2D eigenvalue weighted by Crippen LogP contribution is -2.36. The largest absolute Gasteiger partial charge is 0.487 e. The van der Waals surface area contributed by atoms with Crippen LogP contribution in [0.25, 0.3) is 6.08 Å². The molecule has 3 amide bonds. The molecule has 1 N–H and O–H groups in total. The van der Waals surface area contributed by atoms with E-state index in [0.29, 0.717) is 37.0 Å². The smallest absolute Gasteiger partial charge is 0.294 e. The summed E-state index contributed by atoms with van der Waals surface area (Å²) in [6.45, 7) is 0.947. The van der Waals surface area contributed by atoms with E-state index in [1.807, 2.05) is 42.5 Å². The first-order valence-electron chi connectivity index (χ1n) is 11.5. The van der Waals surface area contributed by atoms with E-state index in [2.05, 4.69) is 50.5 Å². The number of hydrogen-bond acceptors (Lipinski definition) is 7. The van der Waals surface area contributed by atoms with Gasteiger partial charge in [0.05, 0.1) is 12.0 Å². The van der Waals surface area contributed by atoms with Gasteiger partial charge in [-0.15, -0.1) is 0 Å². The van der Waals surface area contributed by atoms with Gasteiger partial charge in [0.1, 0.15) is 32.1 Å². The first-order valence-corrected chi connectivity index (χ1v) is 14.5. The van der Waals surface area contributed by atoms with Crippen LogP contribution in [0, 0.1) is 7.14 Å². The first kappa shape index (κ1) is 26.8. The molecule has 3 aromatic rings. The van der Waals surface area contributed by atoms with Crippen LogP contribution in [0.4, 0.5) is 10.5 Å². The van der Waals surface area contributed by atoms with Crippen molar-refractivity contribution in [2.75, 3.05) is 25.1 Å². The molecule has 194 valence electrons. The van der Waals surface area contributed by atoms with Crippen LogP contribution in [-0.4, -0.2) is 41.7 Å². The van der Waals surface area contributed by atoms with E-state index < -0.39 is 23.6 Å². The van der Waals surface area contributed by atoms with Gasteiger partial charge in [0.2, 0.25) is 5.91 Å². The van der Waals surface area contributed by atoms with Crippen molar-refractivity contribution in [2.45, 2.75) is 6.61 Å². The molecular formula is C27H20I2N2O6S.